The van der Waals surface area contributed by atoms with Crippen LogP contribution in [-0.4, -0.2) is 25.4 Å². The molecule has 0 saturated carbocycles. The van der Waals surface area contributed by atoms with Gasteiger partial charge >= 0.3 is 0 Å². The molecule has 2 aromatic heterocycles. The third kappa shape index (κ3) is 6.20. The number of aliphatic hydroxyl groups is 1. The molecule has 6 heteroatoms. The number of hydrogen-bond donors (Lipinski definition) is 1. The number of halogens is 1. The minimum Gasteiger partial charge on any atom is -0.384 e. The standard InChI is InChI=1S/C16H16FN3O.C8H16O/c1-10-18-13-8-9-14(16(2,3)21)19-15(13)20(10)12-6-4-11(17)5-7-12;1-5-7(9)6-8(2,3)4/h4-9,21H,1-3H3;5-6H2,1-4H3. The molecule has 0 aliphatic carbocycles. The molecule has 1 N–H and O–H groups in total. The largest absolute Gasteiger partial charge is 0.384 e. The summed E-state index contributed by atoms with van der Waals surface area (Å²) in [6, 6.07) is 9.77. The summed E-state index contributed by atoms with van der Waals surface area (Å²) in [4.78, 5) is 19.8. The molecule has 5 nitrogen and oxygen atoms in total. The molecule has 0 bridgehead atoms. The van der Waals surface area contributed by atoms with E-state index in [9.17, 15) is 14.3 Å². The van der Waals surface area contributed by atoms with Crippen LogP contribution in [-0.2, 0) is 10.4 Å². The Bertz CT molecular complexity index is 1010. The smallest absolute Gasteiger partial charge is 0.165 e. The molecule has 0 atom stereocenters. The highest BCUT2D eigenvalue weighted by atomic mass is 19.1. The van der Waals surface area contributed by atoms with Gasteiger partial charge in [0.25, 0.3) is 0 Å². The Hall–Kier alpha value is -2.60. The molecule has 3 rings (SSSR count). The molecule has 3 aromatic rings. The first-order chi connectivity index (χ1) is 13.8. The number of hydrogen-bond acceptors (Lipinski definition) is 4. The molecule has 0 saturated heterocycles. The van der Waals surface area contributed by atoms with Gasteiger partial charge in [0, 0.05) is 18.5 Å². The van der Waals surface area contributed by atoms with Gasteiger partial charge < -0.3 is 5.11 Å². The third-order valence-corrected chi connectivity index (χ3v) is 4.51. The number of benzene rings is 1. The van der Waals surface area contributed by atoms with E-state index in [2.05, 4.69) is 30.7 Å². The van der Waals surface area contributed by atoms with E-state index in [1.165, 1.54) is 12.1 Å². The second kappa shape index (κ2) is 9.04. The van der Waals surface area contributed by atoms with Crippen LogP contribution in [0.3, 0.4) is 0 Å². The fourth-order valence-corrected chi connectivity index (χ4v) is 3.03. The van der Waals surface area contributed by atoms with Crippen LogP contribution in [0.4, 0.5) is 4.39 Å². The fourth-order valence-electron chi connectivity index (χ4n) is 3.03. The molecule has 0 spiro atoms. The summed E-state index contributed by atoms with van der Waals surface area (Å²) in [5.74, 6) is 0.838. The number of nitrogens with zero attached hydrogens (tertiary/aromatic N) is 3. The van der Waals surface area contributed by atoms with E-state index in [1.54, 1.807) is 32.0 Å². The summed E-state index contributed by atoms with van der Waals surface area (Å²) in [5.41, 5.74) is 1.89. The Morgan fingerprint density at radius 2 is 1.63 bits per heavy atom. The van der Waals surface area contributed by atoms with Gasteiger partial charge in [0.15, 0.2) is 5.65 Å². The molecule has 0 unspecified atom stereocenters. The number of aryl methyl sites for hydroxylation is 1. The van der Waals surface area contributed by atoms with Gasteiger partial charge in [-0.05, 0) is 62.6 Å². The summed E-state index contributed by atoms with van der Waals surface area (Å²) in [6.07, 6.45) is 1.39. The number of imidazole rings is 1. The third-order valence-electron chi connectivity index (χ3n) is 4.51. The lowest BCUT2D eigenvalue weighted by Gasteiger charge is -2.16. The first-order valence-corrected chi connectivity index (χ1v) is 10.2. The van der Waals surface area contributed by atoms with Crippen LogP contribution in [0.2, 0.25) is 0 Å². The molecule has 0 amide bonds. The van der Waals surface area contributed by atoms with Crippen LogP contribution in [0.15, 0.2) is 36.4 Å². The lowest BCUT2D eigenvalue weighted by Crippen LogP contribution is -2.17. The summed E-state index contributed by atoms with van der Waals surface area (Å²) < 4.78 is 14.9. The van der Waals surface area contributed by atoms with Gasteiger partial charge in [-0.15, -0.1) is 0 Å². The molecular formula is C24H32FN3O2. The van der Waals surface area contributed by atoms with Crippen molar-refractivity contribution in [2.75, 3.05) is 0 Å². The van der Waals surface area contributed by atoms with Gasteiger partial charge in [-0.25, -0.2) is 14.4 Å². The summed E-state index contributed by atoms with van der Waals surface area (Å²) in [7, 11) is 0. The Balaban J connectivity index is 0.000000303. The van der Waals surface area contributed by atoms with Crippen molar-refractivity contribution in [2.24, 2.45) is 5.41 Å². The van der Waals surface area contributed by atoms with E-state index >= 15 is 0 Å². The molecule has 162 valence electrons. The van der Waals surface area contributed by atoms with Crippen molar-refractivity contribution >= 4 is 16.9 Å². The zero-order valence-electron chi connectivity index (χ0n) is 19.0. The highest BCUT2D eigenvalue weighted by molar-refractivity contribution is 5.78. The monoisotopic (exact) mass is 413 g/mol. The van der Waals surface area contributed by atoms with Crippen molar-refractivity contribution in [3.63, 3.8) is 0 Å². The van der Waals surface area contributed by atoms with E-state index in [-0.39, 0.29) is 11.2 Å². The van der Waals surface area contributed by atoms with Crippen molar-refractivity contribution < 1.29 is 14.3 Å². The van der Waals surface area contributed by atoms with E-state index in [0.29, 0.717) is 30.0 Å². The minimum atomic E-state index is -1.03. The van der Waals surface area contributed by atoms with Crippen LogP contribution in [0.1, 0.15) is 65.9 Å². The highest BCUT2D eigenvalue weighted by Crippen LogP contribution is 2.24. The van der Waals surface area contributed by atoms with E-state index < -0.39 is 5.60 Å². The first-order valence-electron chi connectivity index (χ1n) is 10.2. The van der Waals surface area contributed by atoms with Crippen LogP contribution in [0, 0.1) is 18.2 Å². The number of aromatic nitrogens is 3. The minimum absolute atomic E-state index is 0.174. The van der Waals surface area contributed by atoms with Crippen molar-refractivity contribution in [3.05, 3.63) is 53.7 Å². The van der Waals surface area contributed by atoms with Gasteiger partial charge in [0.1, 0.15) is 28.5 Å². The van der Waals surface area contributed by atoms with Gasteiger partial charge in [-0.3, -0.25) is 9.36 Å². The molecule has 0 fully saturated rings. The van der Waals surface area contributed by atoms with E-state index in [0.717, 1.165) is 17.0 Å². The molecule has 30 heavy (non-hydrogen) atoms. The van der Waals surface area contributed by atoms with Crippen molar-refractivity contribution in [2.45, 2.75) is 66.9 Å². The quantitative estimate of drug-likeness (QED) is 0.613. The van der Waals surface area contributed by atoms with Gasteiger partial charge in [-0.2, -0.15) is 0 Å². The van der Waals surface area contributed by atoms with Crippen LogP contribution in [0.25, 0.3) is 16.9 Å². The maximum absolute atomic E-state index is 13.1. The second-order valence-corrected chi connectivity index (χ2v) is 9.20. The second-order valence-electron chi connectivity index (χ2n) is 9.20. The average Bonchev–Trinajstić information content (AvgIpc) is 2.96. The Labute approximate surface area is 178 Å². The number of pyridine rings is 1. The van der Waals surface area contributed by atoms with Gasteiger partial charge in [0.05, 0.1) is 5.69 Å². The average molecular weight is 414 g/mol. The predicted molar refractivity (Wildman–Crippen MR) is 118 cm³/mol. The Morgan fingerprint density at radius 1 is 1.03 bits per heavy atom. The topological polar surface area (TPSA) is 68.0 Å². The highest BCUT2D eigenvalue weighted by Gasteiger charge is 2.20. The van der Waals surface area contributed by atoms with Gasteiger partial charge in [0.2, 0.25) is 0 Å². The van der Waals surface area contributed by atoms with Crippen LogP contribution < -0.4 is 0 Å². The van der Waals surface area contributed by atoms with Crippen LogP contribution in [0.5, 0.6) is 0 Å². The number of carbonyl (C=O) groups excluding carboxylic acids is 1. The Kier molecular flexibility index (Phi) is 7.14. The number of carbonyl (C=O) groups is 1. The summed E-state index contributed by atoms with van der Waals surface area (Å²) >= 11 is 0. The number of Topliss-reactive ketones (excluding diaryl/α,β-unsaturated/α-hetero) is 1. The van der Waals surface area contributed by atoms with Crippen LogP contribution >= 0.6 is 0 Å². The summed E-state index contributed by atoms with van der Waals surface area (Å²) in [5, 5.41) is 10.1. The molecule has 0 radical (unpaired) electrons. The normalized spacial score (nSPS) is 11.9. The zero-order valence-corrected chi connectivity index (χ0v) is 19.0. The molecule has 1 aromatic carbocycles. The van der Waals surface area contributed by atoms with Crippen molar-refractivity contribution in [1.82, 2.24) is 14.5 Å². The fraction of sp³-hybridized carbons (Fsp3) is 0.458. The number of ketones is 1. The van der Waals surface area contributed by atoms with Gasteiger partial charge in [-0.1, -0.05) is 27.7 Å². The summed E-state index contributed by atoms with van der Waals surface area (Å²) in [6.45, 7) is 13.4. The van der Waals surface area contributed by atoms with Crippen molar-refractivity contribution in [3.8, 4) is 5.69 Å². The number of fused-ring (bicyclic) bond motifs is 1. The predicted octanol–water partition coefficient (Wildman–Crippen LogP) is 5.50. The molecular weight excluding hydrogens is 381 g/mol. The molecule has 0 aliphatic heterocycles. The first kappa shape index (κ1) is 23.7. The number of rotatable bonds is 4. The maximum atomic E-state index is 13.1. The Morgan fingerprint density at radius 3 is 2.10 bits per heavy atom. The maximum Gasteiger partial charge on any atom is 0.165 e. The van der Waals surface area contributed by atoms with E-state index in [4.69, 9.17) is 0 Å². The van der Waals surface area contributed by atoms with Crippen molar-refractivity contribution in [1.29, 1.82) is 0 Å². The molecule has 2 heterocycles. The zero-order chi connectivity index (χ0) is 22.7. The van der Waals surface area contributed by atoms with E-state index in [1.807, 2.05) is 24.5 Å². The lowest BCUT2D eigenvalue weighted by molar-refractivity contribution is -0.120. The molecule has 0 aliphatic rings. The SMILES string of the molecule is CCC(=O)CC(C)(C)C.Cc1nc2ccc(C(C)(C)O)nc2n1-c1ccc(F)cc1. The lowest BCUT2D eigenvalue weighted by atomic mass is 9.89.